The van der Waals surface area contributed by atoms with Crippen LogP contribution in [0, 0.1) is 4.77 Å². The molecule has 0 atom stereocenters. The highest BCUT2D eigenvalue weighted by Gasteiger charge is 2.10. The van der Waals surface area contributed by atoms with Gasteiger partial charge in [0.1, 0.15) is 5.75 Å². The molecular formula is C9H8BrN3O2S. The van der Waals surface area contributed by atoms with Crippen LogP contribution < -0.4 is 10.4 Å². The van der Waals surface area contributed by atoms with Gasteiger partial charge in [-0.15, -0.1) is 0 Å². The molecule has 0 saturated carbocycles. The topological polar surface area (TPSA) is 62.8 Å². The molecule has 0 radical (unpaired) electrons. The van der Waals surface area contributed by atoms with Crippen LogP contribution in [0.4, 0.5) is 0 Å². The zero-order valence-electron chi connectivity index (χ0n) is 8.28. The third-order valence-corrected chi connectivity index (χ3v) is 2.84. The van der Waals surface area contributed by atoms with E-state index in [0.717, 1.165) is 4.47 Å². The van der Waals surface area contributed by atoms with Crippen LogP contribution >= 0.6 is 28.1 Å². The molecular weight excluding hydrogens is 294 g/mol. The van der Waals surface area contributed by atoms with Gasteiger partial charge >= 0.3 is 5.69 Å². The van der Waals surface area contributed by atoms with Crippen molar-refractivity contribution in [3.05, 3.63) is 37.9 Å². The minimum atomic E-state index is -0.332. The predicted octanol–water partition coefficient (Wildman–Crippen LogP) is 1.99. The summed E-state index contributed by atoms with van der Waals surface area (Å²) in [6.45, 7) is 0. The SMILES string of the molecule is COc1ccc(Br)cc1-n1c(=O)[nH][nH]c1=S. The van der Waals surface area contributed by atoms with Crippen LogP contribution in [0.1, 0.15) is 0 Å². The van der Waals surface area contributed by atoms with Gasteiger partial charge < -0.3 is 4.74 Å². The van der Waals surface area contributed by atoms with Crippen LogP contribution in [-0.4, -0.2) is 21.9 Å². The van der Waals surface area contributed by atoms with Gasteiger partial charge in [0, 0.05) is 4.47 Å². The zero-order chi connectivity index (χ0) is 11.7. The van der Waals surface area contributed by atoms with E-state index in [1.54, 1.807) is 12.1 Å². The highest BCUT2D eigenvalue weighted by Crippen LogP contribution is 2.25. The molecule has 2 aromatic rings. The van der Waals surface area contributed by atoms with Crippen molar-refractivity contribution in [2.75, 3.05) is 7.11 Å². The Balaban J connectivity index is 2.77. The maximum Gasteiger partial charge on any atom is 0.347 e. The number of methoxy groups -OCH3 is 1. The van der Waals surface area contributed by atoms with Crippen LogP contribution in [0.2, 0.25) is 0 Å². The number of benzene rings is 1. The van der Waals surface area contributed by atoms with Crippen molar-refractivity contribution in [2.24, 2.45) is 0 Å². The molecule has 16 heavy (non-hydrogen) atoms. The summed E-state index contributed by atoms with van der Waals surface area (Å²) in [5.74, 6) is 0.574. The molecule has 0 amide bonds. The second-order valence-corrected chi connectivity index (χ2v) is 4.31. The molecule has 0 saturated heterocycles. The highest BCUT2D eigenvalue weighted by atomic mass is 79.9. The number of nitrogens with one attached hydrogen (secondary N) is 2. The van der Waals surface area contributed by atoms with Crippen molar-refractivity contribution in [2.45, 2.75) is 0 Å². The molecule has 0 spiro atoms. The van der Waals surface area contributed by atoms with E-state index in [1.165, 1.54) is 11.7 Å². The Labute approximate surface area is 104 Å². The highest BCUT2D eigenvalue weighted by molar-refractivity contribution is 9.10. The lowest BCUT2D eigenvalue weighted by Gasteiger charge is -2.08. The second-order valence-electron chi connectivity index (χ2n) is 3.01. The number of H-pyrrole nitrogens is 2. The average molecular weight is 302 g/mol. The van der Waals surface area contributed by atoms with E-state index in [1.807, 2.05) is 6.07 Å². The quantitative estimate of drug-likeness (QED) is 0.834. The molecule has 5 nitrogen and oxygen atoms in total. The van der Waals surface area contributed by atoms with Gasteiger partial charge in [-0.1, -0.05) is 15.9 Å². The van der Waals surface area contributed by atoms with Crippen LogP contribution in [0.5, 0.6) is 5.75 Å². The third-order valence-electron chi connectivity index (χ3n) is 2.06. The van der Waals surface area contributed by atoms with Gasteiger partial charge in [0.15, 0.2) is 0 Å². The molecule has 0 aliphatic rings. The summed E-state index contributed by atoms with van der Waals surface area (Å²) in [6, 6.07) is 5.35. The van der Waals surface area contributed by atoms with Crippen molar-refractivity contribution in [1.29, 1.82) is 0 Å². The molecule has 7 heteroatoms. The molecule has 0 aliphatic heterocycles. The Morgan fingerprint density at radius 1 is 1.44 bits per heavy atom. The monoisotopic (exact) mass is 301 g/mol. The van der Waals surface area contributed by atoms with Crippen LogP contribution in [0.3, 0.4) is 0 Å². The number of aromatic amines is 2. The van der Waals surface area contributed by atoms with Gasteiger partial charge in [-0.2, -0.15) is 0 Å². The summed E-state index contributed by atoms with van der Waals surface area (Å²) in [5, 5.41) is 4.99. The van der Waals surface area contributed by atoms with E-state index in [-0.39, 0.29) is 5.69 Å². The van der Waals surface area contributed by atoms with Crippen LogP contribution in [0.15, 0.2) is 27.5 Å². The fourth-order valence-electron chi connectivity index (χ4n) is 1.37. The molecule has 0 unspecified atom stereocenters. The van der Waals surface area contributed by atoms with Crippen molar-refractivity contribution < 1.29 is 4.74 Å². The fourth-order valence-corrected chi connectivity index (χ4v) is 1.95. The van der Waals surface area contributed by atoms with Gasteiger partial charge in [0.2, 0.25) is 4.77 Å². The van der Waals surface area contributed by atoms with Crippen molar-refractivity contribution in [1.82, 2.24) is 14.8 Å². The van der Waals surface area contributed by atoms with E-state index in [0.29, 0.717) is 16.2 Å². The first-order valence-corrected chi connectivity index (χ1v) is 5.57. The normalized spacial score (nSPS) is 10.4. The Morgan fingerprint density at radius 2 is 2.19 bits per heavy atom. The summed E-state index contributed by atoms with van der Waals surface area (Å²) in [5.41, 5.74) is 0.255. The van der Waals surface area contributed by atoms with Gasteiger partial charge in [-0.25, -0.2) is 14.5 Å². The van der Waals surface area contributed by atoms with E-state index in [4.69, 9.17) is 17.0 Å². The molecule has 1 aromatic carbocycles. The molecule has 2 N–H and O–H groups in total. The second kappa shape index (κ2) is 4.26. The van der Waals surface area contributed by atoms with E-state index < -0.39 is 0 Å². The number of halogens is 1. The first-order chi connectivity index (χ1) is 7.63. The van der Waals surface area contributed by atoms with E-state index in [9.17, 15) is 4.79 Å². The Hall–Kier alpha value is -1.34. The number of rotatable bonds is 2. The summed E-state index contributed by atoms with van der Waals surface area (Å²) in [7, 11) is 1.54. The van der Waals surface area contributed by atoms with Crippen molar-refractivity contribution in [3.8, 4) is 11.4 Å². The lowest BCUT2D eigenvalue weighted by molar-refractivity contribution is 0.412. The Morgan fingerprint density at radius 3 is 2.75 bits per heavy atom. The molecule has 0 fully saturated rings. The minimum Gasteiger partial charge on any atom is -0.495 e. The number of nitrogens with zero attached hydrogens (tertiary/aromatic N) is 1. The smallest absolute Gasteiger partial charge is 0.347 e. The Bertz CT molecular complexity index is 601. The maximum atomic E-state index is 11.6. The summed E-state index contributed by atoms with van der Waals surface area (Å²) in [4.78, 5) is 11.6. The number of ether oxygens (including phenoxy) is 1. The number of hydrogen-bond acceptors (Lipinski definition) is 3. The molecule has 1 aromatic heterocycles. The van der Waals surface area contributed by atoms with Crippen LogP contribution in [0.25, 0.3) is 5.69 Å². The van der Waals surface area contributed by atoms with Crippen molar-refractivity contribution in [3.63, 3.8) is 0 Å². The fraction of sp³-hybridized carbons (Fsp3) is 0.111. The molecule has 0 aliphatic carbocycles. The van der Waals surface area contributed by atoms with Gasteiger partial charge in [0.05, 0.1) is 12.8 Å². The first-order valence-electron chi connectivity index (χ1n) is 4.37. The standard InChI is InChI=1S/C9H8BrN3O2S/c1-15-7-3-2-5(10)4-6(7)13-8(14)11-12-9(13)16/h2-4H,1H3,(H,11,14)(H,12,16). The van der Waals surface area contributed by atoms with Gasteiger partial charge in [-0.3, -0.25) is 5.10 Å². The lowest BCUT2D eigenvalue weighted by atomic mass is 10.3. The molecule has 2 rings (SSSR count). The summed E-state index contributed by atoms with van der Waals surface area (Å²) in [6.07, 6.45) is 0. The largest absolute Gasteiger partial charge is 0.495 e. The van der Waals surface area contributed by atoms with Crippen molar-refractivity contribution >= 4 is 28.1 Å². The minimum absolute atomic E-state index is 0.293. The maximum absolute atomic E-state index is 11.6. The van der Waals surface area contributed by atoms with Gasteiger partial charge in [-0.05, 0) is 30.4 Å². The summed E-state index contributed by atoms with van der Waals surface area (Å²) >= 11 is 8.35. The third kappa shape index (κ3) is 1.83. The molecule has 84 valence electrons. The Kier molecular flexibility index (Phi) is 2.97. The first kappa shape index (κ1) is 11.2. The zero-order valence-corrected chi connectivity index (χ0v) is 10.7. The van der Waals surface area contributed by atoms with Gasteiger partial charge in [0.25, 0.3) is 0 Å². The number of hydrogen-bond donors (Lipinski definition) is 2. The predicted molar refractivity (Wildman–Crippen MR) is 65.8 cm³/mol. The van der Waals surface area contributed by atoms with Crippen LogP contribution in [-0.2, 0) is 0 Å². The average Bonchev–Trinajstić information content (AvgIpc) is 2.58. The van der Waals surface area contributed by atoms with E-state index in [2.05, 4.69) is 26.1 Å². The molecule has 1 heterocycles. The molecule has 0 bridgehead atoms. The van der Waals surface area contributed by atoms with E-state index >= 15 is 0 Å². The number of aromatic nitrogens is 3. The summed E-state index contributed by atoms with van der Waals surface area (Å²) < 4.78 is 7.64. The lowest BCUT2D eigenvalue weighted by Crippen LogP contribution is -2.15.